The Labute approximate surface area is 145 Å². The van der Waals surface area contributed by atoms with E-state index >= 15 is 0 Å². The number of para-hydroxylation sites is 1. The number of anilines is 1. The van der Waals surface area contributed by atoms with Gasteiger partial charge in [-0.2, -0.15) is 11.8 Å². The molecule has 1 aliphatic heterocycles. The molecule has 5 heteroatoms. The second-order valence-corrected chi connectivity index (χ2v) is 6.83. The lowest BCUT2D eigenvalue weighted by Crippen LogP contribution is -2.48. The van der Waals surface area contributed by atoms with Crippen LogP contribution >= 0.6 is 11.8 Å². The quantitative estimate of drug-likeness (QED) is 0.457. The van der Waals surface area contributed by atoms with Gasteiger partial charge in [-0.15, -0.1) is 0 Å². The van der Waals surface area contributed by atoms with Crippen LogP contribution in [0.3, 0.4) is 0 Å². The lowest BCUT2D eigenvalue weighted by Gasteiger charge is -2.34. The molecule has 0 spiro atoms. The maximum atomic E-state index is 4.69. The van der Waals surface area contributed by atoms with Gasteiger partial charge >= 0.3 is 0 Å². The van der Waals surface area contributed by atoms with Crippen molar-refractivity contribution in [3.63, 3.8) is 0 Å². The van der Waals surface area contributed by atoms with E-state index in [1.807, 2.05) is 11.8 Å². The van der Waals surface area contributed by atoms with Crippen LogP contribution in [0, 0.1) is 0 Å². The van der Waals surface area contributed by atoms with Gasteiger partial charge in [0.15, 0.2) is 5.96 Å². The lowest BCUT2D eigenvalue weighted by molar-refractivity contribution is 0.461. The third kappa shape index (κ3) is 6.34. The van der Waals surface area contributed by atoms with Gasteiger partial charge in [-0.1, -0.05) is 18.2 Å². The molecular weight excluding hydrogens is 304 g/mol. The lowest BCUT2D eigenvalue weighted by atomic mass is 10.0. The molecule has 23 heavy (non-hydrogen) atoms. The largest absolute Gasteiger partial charge is 0.371 e. The molecule has 1 aromatic carbocycles. The zero-order valence-electron chi connectivity index (χ0n) is 14.4. The first kappa shape index (κ1) is 18.0. The smallest absolute Gasteiger partial charge is 0.191 e. The van der Waals surface area contributed by atoms with E-state index < -0.39 is 0 Å². The van der Waals surface area contributed by atoms with E-state index in [1.54, 1.807) is 0 Å². The number of piperidine rings is 1. The Bertz CT molecular complexity index is 455. The van der Waals surface area contributed by atoms with Crippen molar-refractivity contribution in [1.82, 2.24) is 10.6 Å². The Kier molecular flexibility index (Phi) is 8.15. The van der Waals surface area contributed by atoms with Crippen molar-refractivity contribution >= 4 is 23.4 Å². The standard InChI is InChI=1S/C18H30N4S/c1-3-19-18(20-12-7-15-23-2)21-16-10-13-22(14-11-16)17-8-5-4-6-9-17/h4-6,8-9,16H,3,7,10-15H2,1-2H3,(H2,19,20,21). The highest BCUT2D eigenvalue weighted by molar-refractivity contribution is 7.98. The highest BCUT2D eigenvalue weighted by Crippen LogP contribution is 2.19. The summed E-state index contributed by atoms with van der Waals surface area (Å²) in [6, 6.07) is 11.2. The number of nitrogens with zero attached hydrogens (tertiary/aromatic N) is 2. The average Bonchev–Trinajstić information content (AvgIpc) is 2.60. The van der Waals surface area contributed by atoms with E-state index in [9.17, 15) is 0 Å². The Hall–Kier alpha value is -1.36. The number of aliphatic imine (C=N–C) groups is 1. The Morgan fingerprint density at radius 2 is 2.00 bits per heavy atom. The van der Waals surface area contributed by atoms with Crippen molar-refractivity contribution in [1.29, 1.82) is 0 Å². The molecule has 1 heterocycles. The number of rotatable bonds is 7. The van der Waals surface area contributed by atoms with Crippen LogP contribution in [0.2, 0.25) is 0 Å². The second kappa shape index (κ2) is 10.4. The molecule has 0 amide bonds. The Morgan fingerprint density at radius 1 is 1.26 bits per heavy atom. The van der Waals surface area contributed by atoms with Crippen molar-refractivity contribution in [2.75, 3.05) is 43.1 Å². The molecule has 0 aliphatic carbocycles. The number of nitrogens with one attached hydrogen (secondary N) is 2. The minimum atomic E-state index is 0.522. The summed E-state index contributed by atoms with van der Waals surface area (Å²) in [7, 11) is 0. The predicted octanol–water partition coefficient (Wildman–Crippen LogP) is 2.96. The molecule has 128 valence electrons. The van der Waals surface area contributed by atoms with Crippen LogP contribution in [0.4, 0.5) is 5.69 Å². The van der Waals surface area contributed by atoms with Gasteiger partial charge in [0.05, 0.1) is 0 Å². The van der Waals surface area contributed by atoms with Gasteiger partial charge in [0.2, 0.25) is 0 Å². The highest BCUT2D eigenvalue weighted by atomic mass is 32.2. The fourth-order valence-electron chi connectivity index (χ4n) is 2.83. The minimum absolute atomic E-state index is 0.522. The minimum Gasteiger partial charge on any atom is -0.371 e. The summed E-state index contributed by atoms with van der Waals surface area (Å²) >= 11 is 1.88. The molecule has 4 nitrogen and oxygen atoms in total. The molecule has 1 aliphatic rings. The molecule has 0 aromatic heterocycles. The first-order valence-electron chi connectivity index (χ1n) is 8.67. The first-order chi connectivity index (χ1) is 11.3. The van der Waals surface area contributed by atoms with Crippen LogP contribution in [0.5, 0.6) is 0 Å². The van der Waals surface area contributed by atoms with Gasteiger partial charge < -0.3 is 15.5 Å². The van der Waals surface area contributed by atoms with Gasteiger partial charge in [-0.3, -0.25) is 4.99 Å². The third-order valence-electron chi connectivity index (χ3n) is 4.08. The summed E-state index contributed by atoms with van der Waals surface area (Å²) in [4.78, 5) is 7.16. The van der Waals surface area contributed by atoms with Gasteiger partial charge in [0.1, 0.15) is 0 Å². The SMILES string of the molecule is CCNC(=NCCCSC)NC1CCN(c2ccccc2)CC1. The monoisotopic (exact) mass is 334 g/mol. The summed E-state index contributed by atoms with van der Waals surface area (Å²) < 4.78 is 0. The average molecular weight is 335 g/mol. The van der Waals surface area contributed by atoms with Crippen molar-refractivity contribution in [3.8, 4) is 0 Å². The predicted molar refractivity (Wildman–Crippen MR) is 104 cm³/mol. The second-order valence-electron chi connectivity index (χ2n) is 5.85. The number of guanidine groups is 1. The topological polar surface area (TPSA) is 39.7 Å². The molecule has 0 unspecified atom stereocenters. The Balaban J connectivity index is 1.79. The molecule has 2 rings (SSSR count). The molecule has 1 saturated heterocycles. The van der Waals surface area contributed by atoms with E-state index in [2.05, 4.69) is 64.0 Å². The van der Waals surface area contributed by atoms with Gasteiger partial charge in [0.25, 0.3) is 0 Å². The first-order valence-corrected chi connectivity index (χ1v) is 10.1. The van der Waals surface area contributed by atoms with Crippen molar-refractivity contribution < 1.29 is 0 Å². The van der Waals surface area contributed by atoms with Gasteiger partial charge in [-0.05, 0) is 50.3 Å². The zero-order valence-corrected chi connectivity index (χ0v) is 15.2. The maximum Gasteiger partial charge on any atom is 0.191 e. The van der Waals surface area contributed by atoms with Gasteiger partial charge in [-0.25, -0.2) is 0 Å². The zero-order chi connectivity index (χ0) is 16.3. The number of thioether (sulfide) groups is 1. The summed E-state index contributed by atoms with van der Waals surface area (Å²) in [5.41, 5.74) is 1.34. The van der Waals surface area contributed by atoms with E-state index in [-0.39, 0.29) is 0 Å². The fourth-order valence-corrected chi connectivity index (χ4v) is 3.25. The Morgan fingerprint density at radius 3 is 2.65 bits per heavy atom. The molecule has 0 saturated carbocycles. The van der Waals surface area contributed by atoms with E-state index in [1.165, 1.54) is 11.4 Å². The molecule has 0 atom stereocenters. The summed E-state index contributed by atoms with van der Waals surface area (Å²) in [5, 5.41) is 6.98. The maximum absolute atomic E-state index is 4.69. The molecular formula is C18H30N4S. The van der Waals surface area contributed by atoms with Crippen LogP contribution in [0.1, 0.15) is 26.2 Å². The molecule has 1 aromatic rings. The summed E-state index contributed by atoms with van der Waals surface area (Å²) in [6.45, 7) is 6.15. The molecule has 1 fully saturated rings. The fraction of sp³-hybridized carbons (Fsp3) is 0.611. The van der Waals surface area contributed by atoms with E-state index in [4.69, 9.17) is 0 Å². The number of hydrogen-bond donors (Lipinski definition) is 2. The highest BCUT2D eigenvalue weighted by Gasteiger charge is 2.19. The molecule has 0 bridgehead atoms. The normalized spacial score (nSPS) is 16.4. The van der Waals surface area contributed by atoms with Crippen LogP contribution in [-0.4, -0.2) is 50.2 Å². The molecule has 0 radical (unpaired) electrons. The summed E-state index contributed by atoms with van der Waals surface area (Å²) in [5.74, 6) is 2.16. The van der Waals surface area contributed by atoms with E-state index in [0.29, 0.717) is 6.04 Å². The number of benzene rings is 1. The van der Waals surface area contributed by atoms with Crippen LogP contribution in [0.15, 0.2) is 35.3 Å². The third-order valence-corrected chi connectivity index (χ3v) is 4.77. The number of hydrogen-bond acceptors (Lipinski definition) is 3. The van der Waals surface area contributed by atoms with E-state index in [0.717, 1.165) is 51.4 Å². The summed E-state index contributed by atoms with van der Waals surface area (Å²) in [6.07, 6.45) is 5.60. The van der Waals surface area contributed by atoms with Crippen molar-refractivity contribution in [2.24, 2.45) is 4.99 Å². The van der Waals surface area contributed by atoms with Crippen LogP contribution < -0.4 is 15.5 Å². The van der Waals surface area contributed by atoms with Crippen molar-refractivity contribution in [3.05, 3.63) is 30.3 Å². The van der Waals surface area contributed by atoms with Crippen LogP contribution in [-0.2, 0) is 0 Å². The van der Waals surface area contributed by atoms with Crippen molar-refractivity contribution in [2.45, 2.75) is 32.2 Å². The molecule has 2 N–H and O–H groups in total. The van der Waals surface area contributed by atoms with Gasteiger partial charge in [0, 0.05) is 37.9 Å². The van der Waals surface area contributed by atoms with Crippen LogP contribution in [0.25, 0.3) is 0 Å².